The molecule has 1 heterocycles. The van der Waals surface area contributed by atoms with E-state index >= 15 is 0 Å². The lowest BCUT2D eigenvalue weighted by Crippen LogP contribution is -2.04. The number of para-hydroxylation sites is 1. The smallest absolute Gasteiger partial charge is 0.229 e. The fourth-order valence-corrected chi connectivity index (χ4v) is 2.70. The number of anilines is 4. The van der Waals surface area contributed by atoms with Gasteiger partial charge in [-0.05, 0) is 48.7 Å². The van der Waals surface area contributed by atoms with Crippen LogP contribution in [0, 0.1) is 18.3 Å². The number of hydrogen-bond donors (Lipinski definition) is 2. The summed E-state index contributed by atoms with van der Waals surface area (Å²) in [5.41, 5.74) is 4.60. The van der Waals surface area contributed by atoms with E-state index in [4.69, 9.17) is 5.26 Å². The Labute approximate surface area is 153 Å². The Morgan fingerprint density at radius 2 is 1.69 bits per heavy atom. The van der Waals surface area contributed by atoms with Crippen molar-refractivity contribution in [3.63, 3.8) is 0 Å². The number of nitriles is 1. The lowest BCUT2D eigenvalue weighted by molar-refractivity contribution is 0.869. The van der Waals surface area contributed by atoms with Gasteiger partial charge in [-0.3, -0.25) is 0 Å². The molecule has 0 aliphatic heterocycles. The molecule has 5 heteroatoms. The Morgan fingerprint density at radius 1 is 0.962 bits per heavy atom. The first-order chi connectivity index (χ1) is 12.5. The van der Waals surface area contributed by atoms with Crippen LogP contribution in [0.5, 0.6) is 0 Å². The van der Waals surface area contributed by atoms with Crippen LogP contribution in [0.15, 0.2) is 54.6 Å². The van der Waals surface area contributed by atoms with E-state index in [1.54, 1.807) is 12.1 Å². The van der Waals surface area contributed by atoms with Gasteiger partial charge < -0.3 is 10.6 Å². The lowest BCUT2D eigenvalue weighted by Gasteiger charge is -2.15. The first-order valence-corrected chi connectivity index (χ1v) is 8.54. The predicted molar refractivity (Wildman–Crippen MR) is 105 cm³/mol. The van der Waals surface area contributed by atoms with Crippen LogP contribution >= 0.6 is 0 Å². The number of nitrogens with one attached hydrogen (secondary N) is 2. The molecule has 26 heavy (non-hydrogen) atoms. The molecule has 5 nitrogen and oxygen atoms in total. The number of aromatic nitrogens is 2. The van der Waals surface area contributed by atoms with Crippen LogP contribution in [-0.2, 0) is 0 Å². The number of hydrogen-bond acceptors (Lipinski definition) is 5. The molecule has 3 rings (SSSR count). The highest BCUT2D eigenvalue weighted by Crippen LogP contribution is 2.27. The molecule has 130 valence electrons. The van der Waals surface area contributed by atoms with Crippen molar-refractivity contribution in [1.29, 1.82) is 5.26 Å². The molecule has 0 aliphatic rings. The van der Waals surface area contributed by atoms with Crippen molar-refractivity contribution in [3.8, 4) is 6.07 Å². The molecule has 0 unspecified atom stereocenters. The Bertz CT molecular complexity index is 939. The molecule has 0 saturated carbocycles. The van der Waals surface area contributed by atoms with E-state index in [1.165, 1.54) is 5.56 Å². The molecule has 2 aromatic carbocycles. The van der Waals surface area contributed by atoms with Gasteiger partial charge in [-0.15, -0.1) is 0 Å². The summed E-state index contributed by atoms with van der Waals surface area (Å²) in [6.07, 6.45) is 0. The quantitative estimate of drug-likeness (QED) is 0.660. The van der Waals surface area contributed by atoms with E-state index in [-0.39, 0.29) is 0 Å². The first kappa shape index (κ1) is 17.4. The first-order valence-electron chi connectivity index (χ1n) is 8.54. The average Bonchev–Trinajstić information content (AvgIpc) is 2.62. The second-order valence-electron chi connectivity index (χ2n) is 6.40. The van der Waals surface area contributed by atoms with Gasteiger partial charge in [0.25, 0.3) is 0 Å². The molecule has 0 fully saturated rings. The predicted octanol–water partition coefficient (Wildman–Crippen LogP) is 5.27. The maximum atomic E-state index is 8.89. The van der Waals surface area contributed by atoms with Crippen LogP contribution in [0.3, 0.4) is 0 Å². The Balaban J connectivity index is 1.85. The summed E-state index contributed by atoms with van der Waals surface area (Å²) in [6.45, 7) is 6.28. The fourth-order valence-electron chi connectivity index (χ4n) is 2.70. The SMILES string of the molecule is Cc1cc(Nc2ccccc2C(C)C)nc(Nc2ccc(C#N)cc2)n1. The molecule has 0 aliphatic carbocycles. The molecule has 0 amide bonds. The standard InChI is InChI=1S/C21H21N5/c1-14(2)18-6-4-5-7-19(18)25-20-12-15(3)23-21(26-20)24-17-10-8-16(13-22)9-11-17/h4-12,14H,1-3H3,(H2,23,24,25,26). The van der Waals surface area contributed by atoms with Crippen molar-refractivity contribution in [2.45, 2.75) is 26.7 Å². The summed E-state index contributed by atoms with van der Waals surface area (Å²) < 4.78 is 0. The largest absolute Gasteiger partial charge is 0.340 e. The minimum atomic E-state index is 0.415. The van der Waals surface area contributed by atoms with E-state index in [0.29, 0.717) is 17.4 Å². The molecule has 0 radical (unpaired) electrons. The zero-order valence-corrected chi connectivity index (χ0v) is 15.1. The summed E-state index contributed by atoms with van der Waals surface area (Å²) in [5, 5.41) is 15.5. The summed E-state index contributed by atoms with van der Waals surface area (Å²) >= 11 is 0. The Morgan fingerprint density at radius 3 is 2.38 bits per heavy atom. The van der Waals surface area contributed by atoms with Crippen molar-refractivity contribution in [1.82, 2.24) is 9.97 Å². The third-order valence-corrected chi connectivity index (χ3v) is 3.97. The summed E-state index contributed by atoms with van der Waals surface area (Å²) in [7, 11) is 0. The van der Waals surface area contributed by atoms with Crippen molar-refractivity contribution in [2.75, 3.05) is 10.6 Å². The molecule has 1 aromatic heterocycles. The highest BCUT2D eigenvalue weighted by atomic mass is 15.1. The van der Waals surface area contributed by atoms with E-state index < -0.39 is 0 Å². The second-order valence-corrected chi connectivity index (χ2v) is 6.40. The lowest BCUT2D eigenvalue weighted by atomic mass is 10.0. The van der Waals surface area contributed by atoms with E-state index in [1.807, 2.05) is 37.3 Å². The zero-order valence-electron chi connectivity index (χ0n) is 15.1. The number of nitrogens with zero attached hydrogens (tertiary/aromatic N) is 3. The molecule has 0 saturated heterocycles. The maximum Gasteiger partial charge on any atom is 0.229 e. The second kappa shape index (κ2) is 7.66. The third kappa shape index (κ3) is 4.17. The number of benzene rings is 2. The van der Waals surface area contributed by atoms with Crippen LogP contribution in [-0.4, -0.2) is 9.97 Å². The van der Waals surface area contributed by atoms with Gasteiger partial charge in [0, 0.05) is 23.1 Å². The topological polar surface area (TPSA) is 73.6 Å². The molecular formula is C21H21N5. The minimum absolute atomic E-state index is 0.415. The summed E-state index contributed by atoms with van der Waals surface area (Å²) in [4.78, 5) is 9.01. The van der Waals surface area contributed by atoms with Gasteiger partial charge in [0.05, 0.1) is 11.6 Å². The molecule has 0 atom stereocenters. The summed E-state index contributed by atoms with van der Waals surface area (Å²) in [6, 6.07) is 19.5. The van der Waals surface area contributed by atoms with Gasteiger partial charge in [0.1, 0.15) is 5.82 Å². The number of aryl methyl sites for hydroxylation is 1. The van der Waals surface area contributed by atoms with Gasteiger partial charge in [-0.2, -0.15) is 10.2 Å². The number of rotatable bonds is 5. The Kier molecular flexibility index (Phi) is 5.14. The van der Waals surface area contributed by atoms with E-state index in [9.17, 15) is 0 Å². The maximum absolute atomic E-state index is 8.89. The van der Waals surface area contributed by atoms with E-state index in [2.05, 4.69) is 52.7 Å². The van der Waals surface area contributed by atoms with Crippen molar-refractivity contribution in [2.24, 2.45) is 0 Å². The minimum Gasteiger partial charge on any atom is -0.340 e. The molecule has 0 bridgehead atoms. The van der Waals surface area contributed by atoms with E-state index in [0.717, 1.165) is 22.9 Å². The Hall–Kier alpha value is -3.39. The van der Waals surface area contributed by atoms with Crippen LogP contribution in [0.4, 0.5) is 23.1 Å². The van der Waals surface area contributed by atoms with Crippen LogP contribution in [0.25, 0.3) is 0 Å². The zero-order chi connectivity index (χ0) is 18.5. The average molecular weight is 343 g/mol. The highest BCUT2D eigenvalue weighted by molar-refractivity contribution is 5.63. The summed E-state index contributed by atoms with van der Waals surface area (Å²) in [5.74, 6) is 1.67. The van der Waals surface area contributed by atoms with Gasteiger partial charge in [0.15, 0.2) is 0 Å². The third-order valence-electron chi connectivity index (χ3n) is 3.97. The van der Waals surface area contributed by atoms with Gasteiger partial charge >= 0.3 is 0 Å². The molecule has 3 aromatic rings. The van der Waals surface area contributed by atoms with Crippen LogP contribution < -0.4 is 10.6 Å². The normalized spacial score (nSPS) is 10.4. The monoisotopic (exact) mass is 343 g/mol. The van der Waals surface area contributed by atoms with Gasteiger partial charge in [0.2, 0.25) is 5.95 Å². The molecule has 0 spiro atoms. The fraction of sp³-hybridized carbons (Fsp3) is 0.190. The van der Waals surface area contributed by atoms with Crippen LogP contribution in [0.2, 0.25) is 0 Å². The van der Waals surface area contributed by atoms with Crippen molar-refractivity contribution in [3.05, 3.63) is 71.4 Å². The highest BCUT2D eigenvalue weighted by Gasteiger charge is 2.08. The van der Waals surface area contributed by atoms with Crippen molar-refractivity contribution >= 4 is 23.1 Å². The van der Waals surface area contributed by atoms with Gasteiger partial charge in [-0.1, -0.05) is 32.0 Å². The van der Waals surface area contributed by atoms with Crippen LogP contribution in [0.1, 0.15) is 36.6 Å². The van der Waals surface area contributed by atoms with Gasteiger partial charge in [-0.25, -0.2) is 4.98 Å². The molecule has 2 N–H and O–H groups in total. The van der Waals surface area contributed by atoms with Crippen molar-refractivity contribution < 1.29 is 0 Å². The molecular weight excluding hydrogens is 322 g/mol.